The van der Waals surface area contributed by atoms with E-state index in [2.05, 4.69) is 17.4 Å². The van der Waals surface area contributed by atoms with Crippen molar-refractivity contribution in [2.75, 3.05) is 33.4 Å². The summed E-state index contributed by atoms with van der Waals surface area (Å²) in [6.45, 7) is 4.18. The van der Waals surface area contributed by atoms with Gasteiger partial charge in [0, 0.05) is 20.2 Å². The fourth-order valence-electron chi connectivity index (χ4n) is 4.39. The van der Waals surface area contributed by atoms with E-state index in [1.807, 2.05) is 24.0 Å². The average molecular weight is 403 g/mol. The molecule has 2 aliphatic heterocycles. The van der Waals surface area contributed by atoms with Gasteiger partial charge in [-0.1, -0.05) is 24.6 Å². The predicted molar refractivity (Wildman–Crippen MR) is 112 cm³/mol. The van der Waals surface area contributed by atoms with E-state index in [9.17, 15) is 9.59 Å². The number of ether oxygens (including phenoxy) is 2. The zero-order valence-corrected chi connectivity index (χ0v) is 17.7. The van der Waals surface area contributed by atoms with Crippen LogP contribution < -0.4 is 10.1 Å². The van der Waals surface area contributed by atoms with Crippen LogP contribution in [0.5, 0.6) is 5.75 Å². The van der Waals surface area contributed by atoms with Crippen LogP contribution in [0.3, 0.4) is 0 Å². The monoisotopic (exact) mass is 402 g/mol. The molecular weight excluding hydrogens is 368 g/mol. The molecule has 1 aromatic rings. The summed E-state index contributed by atoms with van der Waals surface area (Å²) in [7, 11) is 1.61. The van der Waals surface area contributed by atoms with Gasteiger partial charge in [0.15, 0.2) is 0 Å². The molecule has 1 aromatic carbocycles. The summed E-state index contributed by atoms with van der Waals surface area (Å²) in [5.74, 6) is 1.16. The molecule has 6 nitrogen and oxygen atoms in total. The topological polar surface area (TPSA) is 67.9 Å². The number of rotatable bonds is 3. The number of nitrogens with one attached hydrogen (secondary N) is 1. The van der Waals surface area contributed by atoms with Gasteiger partial charge < -0.3 is 19.7 Å². The summed E-state index contributed by atoms with van der Waals surface area (Å²) in [6.07, 6.45) is 5.71. The number of carbonyl (C=O) groups is 2. The maximum Gasteiger partial charge on any atom is 0.226 e. The number of nitrogens with zero attached hydrogens (tertiary/aromatic N) is 1. The largest absolute Gasteiger partial charge is 0.491 e. The van der Waals surface area contributed by atoms with Crippen molar-refractivity contribution < 1.29 is 19.1 Å². The van der Waals surface area contributed by atoms with Crippen LogP contribution in [0.1, 0.15) is 51.0 Å². The lowest BCUT2D eigenvalue weighted by Gasteiger charge is -2.41. The number of hydrogen-bond acceptors (Lipinski definition) is 4. The Labute approximate surface area is 173 Å². The molecule has 0 radical (unpaired) electrons. The van der Waals surface area contributed by atoms with Gasteiger partial charge in [-0.2, -0.15) is 0 Å². The molecule has 0 aromatic heterocycles. The maximum atomic E-state index is 13.2. The summed E-state index contributed by atoms with van der Waals surface area (Å²) < 4.78 is 11.0. The first-order valence-electron chi connectivity index (χ1n) is 10.8. The maximum absolute atomic E-state index is 13.2. The van der Waals surface area contributed by atoms with E-state index in [4.69, 9.17) is 9.47 Å². The molecule has 29 heavy (non-hydrogen) atoms. The molecule has 2 aliphatic rings. The van der Waals surface area contributed by atoms with E-state index in [0.717, 1.165) is 44.3 Å². The van der Waals surface area contributed by atoms with Crippen LogP contribution in [0, 0.1) is 5.41 Å². The summed E-state index contributed by atoms with van der Waals surface area (Å²) in [5, 5.41) is 3.18. The molecule has 160 valence electrons. The van der Waals surface area contributed by atoms with Crippen LogP contribution in [-0.2, 0) is 20.7 Å². The van der Waals surface area contributed by atoms with Gasteiger partial charge in [0.05, 0.1) is 24.5 Å². The van der Waals surface area contributed by atoms with E-state index < -0.39 is 0 Å². The third-order valence-electron chi connectivity index (χ3n) is 6.27. The predicted octanol–water partition coefficient (Wildman–Crippen LogP) is 2.94. The zero-order valence-electron chi connectivity index (χ0n) is 17.7. The summed E-state index contributed by atoms with van der Waals surface area (Å²) in [6, 6.07) is 8.12. The number of hydrogen-bond donors (Lipinski definition) is 1. The van der Waals surface area contributed by atoms with Crippen LogP contribution >= 0.6 is 0 Å². The van der Waals surface area contributed by atoms with Gasteiger partial charge in [-0.25, -0.2) is 0 Å². The van der Waals surface area contributed by atoms with E-state index in [-0.39, 0.29) is 23.3 Å². The van der Waals surface area contributed by atoms with Gasteiger partial charge in [0.2, 0.25) is 11.8 Å². The normalized spacial score (nSPS) is 22.6. The zero-order chi connectivity index (χ0) is 20.7. The quantitative estimate of drug-likeness (QED) is 0.844. The van der Waals surface area contributed by atoms with Gasteiger partial charge in [0.1, 0.15) is 12.4 Å². The Morgan fingerprint density at radius 2 is 2.00 bits per heavy atom. The second kappa shape index (κ2) is 10.1. The fourth-order valence-corrected chi connectivity index (χ4v) is 4.39. The van der Waals surface area contributed by atoms with Crippen molar-refractivity contribution in [3.05, 3.63) is 29.8 Å². The summed E-state index contributed by atoms with van der Waals surface area (Å²) in [5.41, 5.74) is 0.851. The lowest BCUT2D eigenvalue weighted by Crippen LogP contribution is -2.52. The molecule has 1 atom stereocenters. The molecule has 0 saturated carbocycles. The Bertz CT molecular complexity index is 698. The second-order valence-corrected chi connectivity index (χ2v) is 8.40. The first-order valence-corrected chi connectivity index (χ1v) is 10.8. The van der Waals surface area contributed by atoms with Crippen molar-refractivity contribution in [3.63, 3.8) is 0 Å². The molecular formula is C23H34N2O4. The van der Waals surface area contributed by atoms with E-state index in [1.54, 1.807) is 7.11 Å². The van der Waals surface area contributed by atoms with Gasteiger partial charge in [-0.05, 0) is 50.7 Å². The number of para-hydroxylation sites is 1. The molecule has 0 aliphatic carbocycles. The smallest absolute Gasteiger partial charge is 0.226 e. The number of benzene rings is 1. The van der Waals surface area contributed by atoms with Crippen molar-refractivity contribution in [2.45, 2.75) is 57.9 Å². The molecule has 6 heteroatoms. The highest BCUT2D eigenvalue weighted by atomic mass is 16.5. The van der Waals surface area contributed by atoms with Gasteiger partial charge in [0.25, 0.3) is 0 Å². The number of likely N-dealkylation sites (tertiary alicyclic amines) is 1. The highest BCUT2D eigenvalue weighted by Crippen LogP contribution is 2.38. The molecule has 0 unspecified atom stereocenters. The fraction of sp³-hybridized carbons (Fsp3) is 0.652. The van der Waals surface area contributed by atoms with Crippen LogP contribution in [0.4, 0.5) is 0 Å². The molecule has 1 N–H and O–H groups in total. The third-order valence-corrected chi connectivity index (χ3v) is 6.27. The molecule has 2 heterocycles. The standard InChI is InChI=1S/C23H34N2O4/c1-18-17-29-20-9-4-3-7-19(20)8-5-6-11-23(22(27)24-18)12-14-25(15-13-23)21(26)10-16-28-2/h3-4,7,9,18H,5-6,8,10-17H2,1-2H3,(H,24,27)/t18-/m1/s1. The van der Waals surface area contributed by atoms with Gasteiger partial charge in [-0.15, -0.1) is 0 Å². The molecule has 2 amide bonds. The Balaban J connectivity index is 1.67. The van der Waals surface area contributed by atoms with E-state index in [0.29, 0.717) is 32.7 Å². The molecule has 1 spiro atoms. The average Bonchev–Trinajstić information content (AvgIpc) is 2.74. The molecule has 1 saturated heterocycles. The number of amides is 2. The Hall–Kier alpha value is -2.08. The minimum Gasteiger partial charge on any atom is -0.491 e. The second-order valence-electron chi connectivity index (χ2n) is 8.40. The minimum atomic E-state index is -0.384. The van der Waals surface area contributed by atoms with Crippen molar-refractivity contribution >= 4 is 11.8 Å². The first kappa shape index (κ1) is 21.6. The SMILES string of the molecule is COCCC(=O)N1CCC2(CCCCc3ccccc3OC[C@@H](C)NC2=O)CC1. The van der Waals surface area contributed by atoms with Crippen LogP contribution in [0.2, 0.25) is 0 Å². The Morgan fingerprint density at radius 1 is 1.24 bits per heavy atom. The van der Waals surface area contributed by atoms with E-state index >= 15 is 0 Å². The van der Waals surface area contributed by atoms with Crippen molar-refractivity contribution in [1.29, 1.82) is 0 Å². The number of aryl methyl sites for hydroxylation is 1. The first-order chi connectivity index (χ1) is 14.0. The molecule has 1 fully saturated rings. The Morgan fingerprint density at radius 3 is 2.76 bits per heavy atom. The van der Waals surface area contributed by atoms with Crippen molar-refractivity contribution in [2.24, 2.45) is 5.41 Å². The summed E-state index contributed by atoms with van der Waals surface area (Å²) in [4.78, 5) is 27.4. The van der Waals surface area contributed by atoms with Crippen LogP contribution in [0.25, 0.3) is 0 Å². The van der Waals surface area contributed by atoms with Crippen LogP contribution in [-0.4, -0.2) is 56.2 Å². The molecule has 3 rings (SSSR count). The minimum absolute atomic E-state index is 0.0618. The third kappa shape index (κ3) is 5.50. The lowest BCUT2D eigenvalue weighted by atomic mass is 9.73. The number of piperidine rings is 1. The number of fused-ring (bicyclic) bond motifs is 1. The van der Waals surface area contributed by atoms with Crippen molar-refractivity contribution in [3.8, 4) is 5.75 Å². The molecule has 0 bridgehead atoms. The van der Waals surface area contributed by atoms with Gasteiger partial charge in [-0.3, -0.25) is 9.59 Å². The Kier molecular flexibility index (Phi) is 7.53. The summed E-state index contributed by atoms with van der Waals surface area (Å²) >= 11 is 0. The van der Waals surface area contributed by atoms with Gasteiger partial charge >= 0.3 is 0 Å². The number of methoxy groups -OCH3 is 1. The highest BCUT2D eigenvalue weighted by Gasteiger charge is 2.42. The number of carbonyl (C=O) groups excluding carboxylic acids is 2. The lowest BCUT2D eigenvalue weighted by molar-refractivity contribution is -0.142. The highest BCUT2D eigenvalue weighted by molar-refractivity contribution is 5.83. The van der Waals surface area contributed by atoms with E-state index in [1.165, 1.54) is 5.56 Å². The van der Waals surface area contributed by atoms with Crippen molar-refractivity contribution in [1.82, 2.24) is 10.2 Å². The van der Waals surface area contributed by atoms with Crippen LogP contribution in [0.15, 0.2) is 24.3 Å².